The Morgan fingerprint density at radius 1 is 1.35 bits per heavy atom. The Bertz CT molecular complexity index is 671. The van der Waals surface area contributed by atoms with E-state index >= 15 is 0 Å². The zero-order chi connectivity index (χ0) is 16.2. The molecule has 1 fully saturated rings. The van der Waals surface area contributed by atoms with Crippen molar-refractivity contribution in [3.63, 3.8) is 0 Å². The lowest BCUT2D eigenvalue weighted by atomic mass is 10.0. The molecule has 1 aliphatic rings. The Morgan fingerprint density at radius 2 is 2.22 bits per heavy atom. The minimum atomic E-state index is 0.0514. The van der Waals surface area contributed by atoms with Crippen molar-refractivity contribution in [1.29, 1.82) is 0 Å². The number of carbonyl (C=O) groups excluding carboxylic acids is 1. The minimum Gasteiger partial charge on any atom is -0.379 e. The molecule has 1 saturated heterocycles. The number of thiazole rings is 1. The lowest BCUT2D eigenvalue weighted by Crippen LogP contribution is -2.36. The maximum absolute atomic E-state index is 12.7. The number of amides is 1. The molecule has 1 atom stereocenters. The van der Waals surface area contributed by atoms with Gasteiger partial charge in [-0.15, -0.1) is 11.3 Å². The van der Waals surface area contributed by atoms with Crippen molar-refractivity contribution in [2.75, 3.05) is 26.3 Å². The third-order valence-corrected chi connectivity index (χ3v) is 4.81. The molecule has 0 radical (unpaired) electrons. The summed E-state index contributed by atoms with van der Waals surface area (Å²) in [7, 11) is 0. The van der Waals surface area contributed by atoms with E-state index in [0.29, 0.717) is 26.3 Å². The second kappa shape index (κ2) is 7.14. The van der Waals surface area contributed by atoms with E-state index < -0.39 is 0 Å². The third kappa shape index (κ3) is 3.92. The first-order chi connectivity index (χ1) is 11.1. The van der Waals surface area contributed by atoms with Crippen molar-refractivity contribution in [2.24, 2.45) is 5.92 Å². The van der Waals surface area contributed by atoms with Crippen LogP contribution in [0.25, 0.3) is 0 Å². The Kier molecular flexibility index (Phi) is 4.97. The van der Waals surface area contributed by atoms with Crippen LogP contribution in [0.2, 0.25) is 0 Å². The molecule has 0 aliphatic carbocycles. The molecule has 3 rings (SSSR count). The molecule has 1 aliphatic heterocycles. The van der Waals surface area contributed by atoms with Crippen LogP contribution in [0.5, 0.6) is 0 Å². The molecule has 122 valence electrons. The first-order valence-electron chi connectivity index (χ1n) is 7.68. The molecule has 6 nitrogen and oxygen atoms in total. The molecular weight excluding hydrogens is 312 g/mol. The van der Waals surface area contributed by atoms with Crippen LogP contribution in [-0.4, -0.2) is 52.1 Å². The monoisotopic (exact) mass is 332 g/mol. The molecule has 3 heterocycles. The van der Waals surface area contributed by atoms with Crippen LogP contribution in [-0.2, 0) is 11.2 Å². The average molecular weight is 332 g/mol. The molecular formula is C16H20N4O2S. The van der Waals surface area contributed by atoms with E-state index in [0.717, 1.165) is 28.4 Å². The summed E-state index contributed by atoms with van der Waals surface area (Å²) in [4.78, 5) is 28.2. The summed E-state index contributed by atoms with van der Waals surface area (Å²) in [5.41, 5.74) is 4.36. The molecule has 7 heteroatoms. The van der Waals surface area contributed by atoms with E-state index in [1.807, 2.05) is 18.7 Å². The fraction of sp³-hybridized carbons (Fsp3) is 0.500. The van der Waals surface area contributed by atoms with Gasteiger partial charge in [0.25, 0.3) is 5.91 Å². The van der Waals surface area contributed by atoms with Gasteiger partial charge in [-0.1, -0.05) is 0 Å². The lowest BCUT2D eigenvalue weighted by molar-refractivity contribution is 0.0741. The SMILES string of the molecule is Cc1cnc(C[C@H]2COCCN(C(=O)c3scnc3C)C2)cn1. The van der Waals surface area contributed by atoms with Gasteiger partial charge < -0.3 is 9.64 Å². The molecule has 2 aromatic heterocycles. The van der Waals surface area contributed by atoms with E-state index in [1.54, 1.807) is 17.9 Å². The van der Waals surface area contributed by atoms with Gasteiger partial charge in [0.2, 0.25) is 0 Å². The van der Waals surface area contributed by atoms with Gasteiger partial charge in [-0.25, -0.2) is 4.98 Å². The summed E-state index contributed by atoms with van der Waals surface area (Å²) in [5, 5.41) is 0. The number of carbonyl (C=O) groups is 1. The summed E-state index contributed by atoms with van der Waals surface area (Å²) in [6.45, 7) is 6.29. The highest BCUT2D eigenvalue weighted by molar-refractivity contribution is 7.11. The van der Waals surface area contributed by atoms with Crippen LogP contribution < -0.4 is 0 Å². The summed E-state index contributed by atoms with van der Waals surface area (Å²) in [5.74, 6) is 0.280. The Morgan fingerprint density at radius 3 is 2.91 bits per heavy atom. The molecule has 0 N–H and O–H groups in total. The van der Waals surface area contributed by atoms with Crippen molar-refractivity contribution < 1.29 is 9.53 Å². The van der Waals surface area contributed by atoms with Crippen LogP contribution >= 0.6 is 11.3 Å². The summed E-state index contributed by atoms with van der Waals surface area (Å²) >= 11 is 1.40. The standard InChI is InChI=1S/C16H20N4O2S/c1-11-6-18-14(7-17-11)5-13-8-20(3-4-22-9-13)16(21)15-12(2)19-10-23-15/h6-7,10,13H,3-5,8-9H2,1-2H3/t13-/m1/s1. The lowest BCUT2D eigenvalue weighted by Gasteiger charge is -2.23. The number of hydrogen-bond acceptors (Lipinski definition) is 6. The highest BCUT2D eigenvalue weighted by Gasteiger charge is 2.25. The van der Waals surface area contributed by atoms with Crippen molar-refractivity contribution >= 4 is 17.2 Å². The zero-order valence-corrected chi connectivity index (χ0v) is 14.2. The Balaban J connectivity index is 1.69. The van der Waals surface area contributed by atoms with Gasteiger partial charge in [-0.3, -0.25) is 14.8 Å². The first kappa shape index (κ1) is 16.0. The fourth-order valence-electron chi connectivity index (χ4n) is 2.66. The molecule has 23 heavy (non-hydrogen) atoms. The largest absolute Gasteiger partial charge is 0.379 e. The zero-order valence-electron chi connectivity index (χ0n) is 13.4. The number of hydrogen-bond donors (Lipinski definition) is 0. The van der Waals surface area contributed by atoms with Crippen LogP contribution in [0, 0.1) is 19.8 Å². The highest BCUT2D eigenvalue weighted by atomic mass is 32.1. The Labute approximate surface area is 139 Å². The quantitative estimate of drug-likeness (QED) is 0.858. The van der Waals surface area contributed by atoms with Gasteiger partial charge in [-0.2, -0.15) is 0 Å². The van der Waals surface area contributed by atoms with E-state index in [2.05, 4.69) is 15.0 Å². The van der Waals surface area contributed by atoms with Gasteiger partial charge >= 0.3 is 0 Å². The van der Waals surface area contributed by atoms with Gasteiger partial charge in [0.05, 0.1) is 35.8 Å². The predicted octanol–water partition coefficient (Wildman–Crippen LogP) is 1.88. The molecule has 0 spiro atoms. The second-order valence-electron chi connectivity index (χ2n) is 5.81. The van der Waals surface area contributed by atoms with Gasteiger partial charge in [0.15, 0.2) is 0 Å². The molecule has 0 unspecified atom stereocenters. The van der Waals surface area contributed by atoms with Crippen molar-refractivity contribution in [3.8, 4) is 0 Å². The molecule has 2 aromatic rings. The van der Waals surface area contributed by atoms with Crippen molar-refractivity contribution in [3.05, 3.63) is 39.9 Å². The number of ether oxygens (including phenoxy) is 1. The summed E-state index contributed by atoms with van der Waals surface area (Å²) < 4.78 is 5.68. The van der Waals surface area contributed by atoms with Crippen molar-refractivity contribution in [1.82, 2.24) is 19.9 Å². The molecule has 0 aromatic carbocycles. The number of nitrogens with zero attached hydrogens (tertiary/aromatic N) is 4. The molecule has 0 bridgehead atoms. The average Bonchev–Trinajstić information content (AvgIpc) is 2.83. The first-order valence-corrected chi connectivity index (χ1v) is 8.56. The van der Waals surface area contributed by atoms with Crippen LogP contribution in [0.15, 0.2) is 17.9 Å². The van der Waals surface area contributed by atoms with E-state index in [-0.39, 0.29) is 11.8 Å². The number of aryl methyl sites for hydroxylation is 2. The molecule has 0 saturated carbocycles. The smallest absolute Gasteiger partial charge is 0.265 e. The maximum Gasteiger partial charge on any atom is 0.265 e. The minimum absolute atomic E-state index is 0.0514. The third-order valence-electron chi connectivity index (χ3n) is 3.90. The van der Waals surface area contributed by atoms with Crippen LogP contribution in [0.4, 0.5) is 0 Å². The number of aromatic nitrogens is 3. The normalized spacial score (nSPS) is 18.7. The topological polar surface area (TPSA) is 68.2 Å². The van der Waals surface area contributed by atoms with E-state index in [9.17, 15) is 4.79 Å². The molecule has 1 amide bonds. The second-order valence-corrected chi connectivity index (χ2v) is 6.67. The summed E-state index contributed by atoms with van der Waals surface area (Å²) in [6.07, 6.45) is 4.34. The van der Waals surface area contributed by atoms with Gasteiger partial charge in [0, 0.05) is 31.4 Å². The van der Waals surface area contributed by atoms with Crippen LogP contribution in [0.3, 0.4) is 0 Å². The van der Waals surface area contributed by atoms with Gasteiger partial charge in [-0.05, 0) is 20.3 Å². The van der Waals surface area contributed by atoms with E-state index in [4.69, 9.17) is 4.74 Å². The fourth-order valence-corrected chi connectivity index (χ4v) is 3.43. The van der Waals surface area contributed by atoms with Crippen LogP contribution in [0.1, 0.15) is 26.8 Å². The van der Waals surface area contributed by atoms with Gasteiger partial charge in [0.1, 0.15) is 4.88 Å². The summed E-state index contributed by atoms with van der Waals surface area (Å²) in [6, 6.07) is 0. The maximum atomic E-state index is 12.7. The number of rotatable bonds is 3. The predicted molar refractivity (Wildman–Crippen MR) is 87.5 cm³/mol. The van der Waals surface area contributed by atoms with Crippen molar-refractivity contribution in [2.45, 2.75) is 20.3 Å². The van der Waals surface area contributed by atoms with E-state index in [1.165, 1.54) is 11.3 Å². The highest BCUT2D eigenvalue weighted by Crippen LogP contribution is 2.19. The Hall–Kier alpha value is -1.86.